The van der Waals surface area contributed by atoms with Gasteiger partial charge in [0.15, 0.2) is 0 Å². The van der Waals surface area contributed by atoms with Gasteiger partial charge in [0.25, 0.3) is 5.91 Å². The monoisotopic (exact) mass is 249 g/mol. The van der Waals surface area contributed by atoms with E-state index in [1.54, 1.807) is 12.3 Å². The molecule has 0 aliphatic heterocycles. The van der Waals surface area contributed by atoms with Gasteiger partial charge in [-0.1, -0.05) is 19.3 Å². The molecule has 1 heterocycles. The second-order valence-corrected chi connectivity index (χ2v) is 4.75. The average molecular weight is 249 g/mol. The van der Waals surface area contributed by atoms with Crippen molar-refractivity contribution in [3.05, 3.63) is 24.0 Å². The van der Waals surface area contributed by atoms with E-state index in [-0.39, 0.29) is 11.9 Å². The summed E-state index contributed by atoms with van der Waals surface area (Å²) in [5.41, 5.74) is 6.51. The summed E-state index contributed by atoms with van der Waals surface area (Å²) in [5.74, 6) is -0.258. The smallest absolute Gasteiger partial charge is 0.255 e. The molecule has 1 aliphatic carbocycles. The standard InChI is InChI=1S/C13H19N3O2/c14-10-6-7-15-8-9(10)13(18)16-11-4-2-1-3-5-12(11)17/h6-8,11-12,17H,1-5H2,(H2,14,15)(H,16,18). The van der Waals surface area contributed by atoms with Crippen molar-refractivity contribution in [2.24, 2.45) is 0 Å². The SMILES string of the molecule is Nc1ccncc1C(=O)NC1CCCCCC1O. The van der Waals surface area contributed by atoms with E-state index in [1.165, 1.54) is 6.20 Å². The molecule has 1 saturated carbocycles. The largest absolute Gasteiger partial charge is 0.398 e. The number of rotatable bonds is 2. The Bertz CT molecular complexity index is 422. The zero-order chi connectivity index (χ0) is 13.0. The number of aromatic nitrogens is 1. The maximum atomic E-state index is 12.0. The molecular formula is C13H19N3O2. The molecule has 1 fully saturated rings. The Morgan fingerprint density at radius 3 is 2.94 bits per heavy atom. The Hall–Kier alpha value is -1.62. The number of anilines is 1. The van der Waals surface area contributed by atoms with Gasteiger partial charge in [0.1, 0.15) is 0 Å². The van der Waals surface area contributed by atoms with Crippen molar-refractivity contribution in [3.63, 3.8) is 0 Å². The first kappa shape index (κ1) is 12.8. The molecule has 2 rings (SSSR count). The van der Waals surface area contributed by atoms with Crippen LogP contribution in [0.15, 0.2) is 18.5 Å². The Morgan fingerprint density at radius 2 is 2.17 bits per heavy atom. The topological polar surface area (TPSA) is 88.2 Å². The number of aliphatic hydroxyl groups excluding tert-OH is 1. The van der Waals surface area contributed by atoms with Crippen molar-refractivity contribution in [2.75, 3.05) is 5.73 Å². The summed E-state index contributed by atoms with van der Waals surface area (Å²) in [7, 11) is 0. The summed E-state index contributed by atoms with van der Waals surface area (Å²) in [6.45, 7) is 0. The normalized spacial score (nSPS) is 24.3. The number of carbonyl (C=O) groups is 1. The fourth-order valence-corrected chi connectivity index (χ4v) is 2.30. The summed E-state index contributed by atoms with van der Waals surface area (Å²) in [6.07, 6.45) is 7.25. The number of nitrogen functional groups attached to an aromatic ring is 1. The van der Waals surface area contributed by atoms with E-state index in [0.717, 1.165) is 32.1 Å². The van der Waals surface area contributed by atoms with Crippen LogP contribution in [0.25, 0.3) is 0 Å². The van der Waals surface area contributed by atoms with Crippen LogP contribution in [-0.4, -0.2) is 28.1 Å². The highest BCUT2D eigenvalue weighted by Crippen LogP contribution is 2.19. The molecule has 0 spiro atoms. The highest BCUT2D eigenvalue weighted by Gasteiger charge is 2.24. The van der Waals surface area contributed by atoms with E-state index in [4.69, 9.17) is 5.73 Å². The minimum absolute atomic E-state index is 0.181. The molecule has 2 unspecified atom stereocenters. The second kappa shape index (κ2) is 5.82. The van der Waals surface area contributed by atoms with Crippen LogP contribution in [0.4, 0.5) is 5.69 Å². The van der Waals surface area contributed by atoms with Gasteiger partial charge in [-0.25, -0.2) is 0 Å². The molecule has 0 radical (unpaired) electrons. The summed E-state index contributed by atoms with van der Waals surface area (Å²) in [5, 5.41) is 12.8. The van der Waals surface area contributed by atoms with Gasteiger partial charge < -0.3 is 16.2 Å². The number of hydrogen-bond acceptors (Lipinski definition) is 4. The van der Waals surface area contributed by atoms with Gasteiger partial charge in [0.2, 0.25) is 0 Å². The van der Waals surface area contributed by atoms with Crippen LogP contribution < -0.4 is 11.1 Å². The lowest BCUT2D eigenvalue weighted by Gasteiger charge is -2.21. The first-order chi connectivity index (χ1) is 8.68. The molecule has 4 N–H and O–H groups in total. The maximum Gasteiger partial charge on any atom is 0.255 e. The van der Waals surface area contributed by atoms with Gasteiger partial charge in [-0.3, -0.25) is 9.78 Å². The van der Waals surface area contributed by atoms with Crippen LogP contribution >= 0.6 is 0 Å². The average Bonchev–Trinajstić information content (AvgIpc) is 2.55. The lowest BCUT2D eigenvalue weighted by atomic mass is 10.1. The van der Waals surface area contributed by atoms with E-state index in [0.29, 0.717) is 11.3 Å². The predicted molar refractivity (Wildman–Crippen MR) is 69.0 cm³/mol. The molecule has 5 heteroatoms. The number of hydrogen-bond donors (Lipinski definition) is 3. The molecule has 1 aromatic heterocycles. The van der Waals surface area contributed by atoms with Gasteiger partial charge in [0.05, 0.1) is 17.7 Å². The Labute approximate surface area is 106 Å². The van der Waals surface area contributed by atoms with Crippen molar-refractivity contribution >= 4 is 11.6 Å². The minimum Gasteiger partial charge on any atom is -0.398 e. The fraction of sp³-hybridized carbons (Fsp3) is 0.538. The molecule has 5 nitrogen and oxygen atoms in total. The number of amides is 1. The zero-order valence-electron chi connectivity index (χ0n) is 10.3. The first-order valence-corrected chi connectivity index (χ1v) is 6.37. The van der Waals surface area contributed by atoms with Crippen LogP contribution in [0.3, 0.4) is 0 Å². The molecule has 98 valence electrons. The number of nitrogens with two attached hydrogens (primary N) is 1. The third-order valence-corrected chi connectivity index (χ3v) is 3.40. The number of pyridine rings is 1. The van der Waals surface area contributed by atoms with Gasteiger partial charge in [0, 0.05) is 18.1 Å². The number of nitrogens with zero attached hydrogens (tertiary/aromatic N) is 1. The molecule has 0 aromatic carbocycles. The van der Waals surface area contributed by atoms with E-state index >= 15 is 0 Å². The van der Waals surface area contributed by atoms with E-state index in [9.17, 15) is 9.90 Å². The molecule has 0 bridgehead atoms. The van der Waals surface area contributed by atoms with Crippen molar-refractivity contribution in [1.82, 2.24) is 10.3 Å². The van der Waals surface area contributed by atoms with Crippen molar-refractivity contribution in [1.29, 1.82) is 0 Å². The fourth-order valence-electron chi connectivity index (χ4n) is 2.30. The van der Waals surface area contributed by atoms with Gasteiger partial charge in [-0.15, -0.1) is 0 Å². The van der Waals surface area contributed by atoms with Crippen LogP contribution in [0.2, 0.25) is 0 Å². The van der Waals surface area contributed by atoms with Crippen molar-refractivity contribution in [2.45, 2.75) is 44.2 Å². The number of carbonyl (C=O) groups excluding carboxylic acids is 1. The highest BCUT2D eigenvalue weighted by molar-refractivity contribution is 5.98. The molecule has 1 aromatic rings. The van der Waals surface area contributed by atoms with Crippen molar-refractivity contribution in [3.8, 4) is 0 Å². The molecule has 18 heavy (non-hydrogen) atoms. The van der Waals surface area contributed by atoms with Crippen LogP contribution in [-0.2, 0) is 0 Å². The Kier molecular flexibility index (Phi) is 4.15. The van der Waals surface area contributed by atoms with Crippen molar-refractivity contribution < 1.29 is 9.90 Å². The molecule has 2 atom stereocenters. The quantitative estimate of drug-likeness (QED) is 0.684. The van der Waals surface area contributed by atoms with E-state index < -0.39 is 6.10 Å². The first-order valence-electron chi connectivity index (χ1n) is 6.37. The maximum absolute atomic E-state index is 12.0. The van der Waals surface area contributed by atoms with Crippen LogP contribution in [0, 0.1) is 0 Å². The summed E-state index contributed by atoms with van der Waals surface area (Å²) in [4.78, 5) is 15.9. The highest BCUT2D eigenvalue weighted by atomic mass is 16.3. The second-order valence-electron chi connectivity index (χ2n) is 4.75. The molecule has 1 aliphatic rings. The van der Waals surface area contributed by atoms with Gasteiger partial charge >= 0.3 is 0 Å². The lowest BCUT2D eigenvalue weighted by Crippen LogP contribution is -2.42. The van der Waals surface area contributed by atoms with Gasteiger partial charge in [-0.05, 0) is 18.9 Å². The zero-order valence-corrected chi connectivity index (χ0v) is 10.3. The Balaban J connectivity index is 2.04. The summed E-state index contributed by atoms with van der Waals surface area (Å²) < 4.78 is 0. The minimum atomic E-state index is -0.464. The van der Waals surface area contributed by atoms with Crippen LogP contribution in [0.1, 0.15) is 42.5 Å². The predicted octanol–water partition coefficient (Wildman–Crippen LogP) is 1.09. The lowest BCUT2D eigenvalue weighted by molar-refractivity contribution is 0.0819. The molecular weight excluding hydrogens is 230 g/mol. The third-order valence-electron chi connectivity index (χ3n) is 3.40. The molecule has 0 saturated heterocycles. The van der Waals surface area contributed by atoms with Gasteiger partial charge in [-0.2, -0.15) is 0 Å². The number of aliphatic hydroxyl groups is 1. The van der Waals surface area contributed by atoms with E-state index in [1.807, 2.05) is 0 Å². The molecule has 1 amide bonds. The Morgan fingerprint density at radius 1 is 1.39 bits per heavy atom. The summed E-state index contributed by atoms with van der Waals surface area (Å²) >= 11 is 0. The number of nitrogens with one attached hydrogen (secondary N) is 1. The third kappa shape index (κ3) is 2.98. The summed E-state index contributed by atoms with van der Waals surface area (Å²) in [6, 6.07) is 1.41. The van der Waals surface area contributed by atoms with Crippen LogP contribution in [0.5, 0.6) is 0 Å². The van der Waals surface area contributed by atoms with E-state index in [2.05, 4.69) is 10.3 Å².